The van der Waals surface area contributed by atoms with Crippen LogP contribution < -0.4 is 5.32 Å². The SMILES string of the molecule is Cc1ccc(CNc2cc(C#N)nc(C)n2)cc1. The van der Waals surface area contributed by atoms with Crippen LogP contribution in [0.3, 0.4) is 0 Å². The molecule has 4 heteroatoms. The molecule has 0 atom stereocenters. The number of aryl methyl sites for hydroxylation is 2. The summed E-state index contributed by atoms with van der Waals surface area (Å²) in [6.07, 6.45) is 0. The summed E-state index contributed by atoms with van der Waals surface area (Å²) >= 11 is 0. The molecule has 1 aromatic heterocycles. The van der Waals surface area contributed by atoms with E-state index in [9.17, 15) is 0 Å². The number of nitriles is 1. The monoisotopic (exact) mass is 238 g/mol. The van der Waals surface area contributed by atoms with Crippen LogP contribution in [0.5, 0.6) is 0 Å². The van der Waals surface area contributed by atoms with Crippen molar-refractivity contribution in [3.8, 4) is 6.07 Å². The van der Waals surface area contributed by atoms with Gasteiger partial charge in [0.15, 0.2) is 0 Å². The number of hydrogen-bond acceptors (Lipinski definition) is 4. The highest BCUT2D eigenvalue weighted by molar-refractivity contribution is 5.40. The fourth-order valence-corrected chi connectivity index (χ4v) is 1.61. The maximum absolute atomic E-state index is 8.83. The van der Waals surface area contributed by atoms with E-state index in [1.807, 2.05) is 6.07 Å². The van der Waals surface area contributed by atoms with Gasteiger partial charge in [-0.25, -0.2) is 9.97 Å². The quantitative estimate of drug-likeness (QED) is 0.892. The molecule has 0 fully saturated rings. The minimum absolute atomic E-state index is 0.383. The molecule has 1 heterocycles. The molecule has 90 valence electrons. The van der Waals surface area contributed by atoms with Crippen molar-refractivity contribution in [2.24, 2.45) is 0 Å². The van der Waals surface area contributed by atoms with E-state index in [-0.39, 0.29) is 0 Å². The van der Waals surface area contributed by atoms with E-state index in [1.54, 1.807) is 13.0 Å². The van der Waals surface area contributed by atoms with E-state index in [0.29, 0.717) is 23.9 Å². The molecule has 0 amide bonds. The van der Waals surface area contributed by atoms with Crippen LogP contribution in [0.2, 0.25) is 0 Å². The summed E-state index contributed by atoms with van der Waals surface area (Å²) in [4.78, 5) is 8.25. The molecule has 0 spiro atoms. The lowest BCUT2D eigenvalue weighted by atomic mass is 10.1. The molecule has 0 bridgehead atoms. The first kappa shape index (κ1) is 12.1. The van der Waals surface area contributed by atoms with Gasteiger partial charge in [-0.05, 0) is 19.4 Å². The maximum Gasteiger partial charge on any atom is 0.146 e. The summed E-state index contributed by atoms with van der Waals surface area (Å²) < 4.78 is 0. The van der Waals surface area contributed by atoms with Gasteiger partial charge in [0.05, 0.1) is 0 Å². The Kier molecular flexibility index (Phi) is 3.54. The normalized spacial score (nSPS) is 9.83. The molecule has 1 N–H and O–H groups in total. The third kappa shape index (κ3) is 3.05. The second kappa shape index (κ2) is 5.28. The van der Waals surface area contributed by atoms with Crippen LogP contribution in [0.4, 0.5) is 5.82 Å². The van der Waals surface area contributed by atoms with E-state index in [0.717, 1.165) is 0 Å². The molecule has 2 rings (SSSR count). The highest BCUT2D eigenvalue weighted by Gasteiger charge is 2.01. The Balaban J connectivity index is 2.08. The zero-order valence-corrected chi connectivity index (χ0v) is 10.4. The van der Waals surface area contributed by atoms with Gasteiger partial charge >= 0.3 is 0 Å². The molecule has 18 heavy (non-hydrogen) atoms. The second-order valence-electron chi connectivity index (χ2n) is 4.14. The van der Waals surface area contributed by atoms with E-state index in [4.69, 9.17) is 5.26 Å². The van der Waals surface area contributed by atoms with Crippen molar-refractivity contribution in [3.63, 3.8) is 0 Å². The Hall–Kier alpha value is -2.41. The summed E-state index contributed by atoms with van der Waals surface area (Å²) in [5.74, 6) is 1.28. The van der Waals surface area contributed by atoms with Crippen molar-refractivity contribution < 1.29 is 0 Å². The Morgan fingerprint density at radius 2 is 1.89 bits per heavy atom. The van der Waals surface area contributed by atoms with Crippen LogP contribution in [0, 0.1) is 25.2 Å². The van der Waals surface area contributed by atoms with Crippen molar-refractivity contribution >= 4 is 5.82 Å². The highest BCUT2D eigenvalue weighted by Crippen LogP contribution is 2.09. The van der Waals surface area contributed by atoms with Gasteiger partial charge in [-0.3, -0.25) is 0 Å². The van der Waals surface area contributed by atoms with Crippen LogP contribution in [0.15, 0.2) is 30.3 Å². The van der Waals surface area contributed by atoms with Crippen molar-refractivity contribution in [3.05, 3.63) is 53.0 Å². The zero-order valence-electron chi connectivity index (χ0n) is 10.4. The molecule has 4 nitrogen and oxygen atoms in total. The molecule has 0 aliphatic heterocycles. The Morgan fingerprint density at radius 1 is 1.17 bits per heavy atom. The first-order valence-corrected chi connectivity index (χ1v) is 5.72. The second-order valence-corrected chi connectivity index (χ2v) is 4.14. The summed E-state index contributed by atoms with van der Waals surface area (Å²) in [6.45, 7) is 4.52. The van der Waals surface area contributed by atoms with E-state index in [1.165, 1.54) is 11.1 Å². The third-order valence-electron chi connectivity index (χ3n) is 2.55. The highest BCUT2D eigenvalue weighted by atomic mass is 15.0. The van der Waals surface area contributed by atoms with Gasteiger partial charge in [0, 0.05) is 12.6 Å². The minimum Gasteiger partial charge on any atom is -0.366 e. The molecule has 0 radical (unpaired) electrons. The van der Waals surface area contributed by atoms with Gasteiger partial charge in [-0.15, -0.1) is 0 Å². The lowest BCUT2D eigenvalue weighted by molar-refractivity contribution is 1.01. The summed E-state index contributed by atoms with van der Waals surface area (Å²) in [5.41, 5.74) is 2.80. The molecule has 1 aromatic carbocycles. The Labute approximate surface area is 106 Å². The van der Waals surface area contributed by atoms with Gasteiger partial charge in [0.2, 0.25) is 0 Å². The minimum atomic E-state index is 0.383. The number of anilines is 1. The fourth-order valence-electron chi connectivity index (χ4n) is 1.61. The Morgan fingerprint density at radius 3 is 2.56 bits per heavy atom. The molecular formula is C14H14N4. The summed E-state index contributed by atoms with van der Waals surface area (Å²) in [7, 11) is 0. The van der Waals surface area contributed by atoms with E-state index >= 15 is 0 Å². The van der Waals surface area contributed by atoms with Gasteiger partial charge in [-0.1, -0.05) is 29.8 Å². The smallest absolute Gasteiger partial charge is 0.146 e. The number of aromatic nitrogens is 2. The van der Waals surface area contributed by atoms with Crippen LogP contribution >= 0.6 is 0 Å². The average Bonchev–Trinajstić information content (AvgIpc) is 2.37. The number of hydrogen-bond donors (Lipinski definition) is 1. The lowest BCUT2D eigenvalue weighted by Gasteiger charge is -2.06. The Bertz CT molecular complexity index is 582. The van der Waals surface area contributed by atoms with Gasteiger partial charge in [-0.2, -0.15) is 5.26 Å². The zero-order chi connectivity index (χ0) is 13.0. The molecular weight excluding hydrogens is 224 g/mol. The largest absolute Gasteiger partial charge is 0.366 e. The lowest BCUT2D eigenvalue weighted by Crippen LogP contribution is -2.04. The van der Waals surface area contributed by atoms with Crippen LogP contribution in [-0.4, -0.2) is 9.97 Å². The van der Waals surface area contributed by atoms with Gasteiger partial charge in [0.25, 0.3) is 0 Å². The molecule has 0 unspecified atom stereocenters. The number of nitrogens with one attached hydrogen (secondary N) is 1. The third-order valence-corrected chi connectivity index (χ3v) is 2.55. The number of rotatable bonds is 3. The molecule has 0 aliphatic rings. The topological polar surface area (TPSA) is 61.6 Å². The van der Waals surface area contributed by atoms with Crippen molar-refractivity contribution in [2.45, 2.75) is 20.4 Å². The van der Waals surface area contributed by atoms with Crippen LogP contribution in [0.1, 0.15) is 22.6 Å². The van der Waals surface area contributed by atoms with Crippen molar-refractivity contribution in [1.82, 2.24) is 9.97 Å². The number of nitrogens with zero attached hydrogens (tertiary/aromatic N) is 3. The predicted octanol–water partition coefficient (Wildman–Crippen LogP) is 2.58. The number of benzene rings is 1. The van der Waals surface area contributed by atoms with E-state index in [2.05, 4.69) is 46.5 Å². The predicted molar refractivity (Wildman–Crippen MR) is 70.0 cm³/mol. The average molecular weight is 238 g/mol. The molecule has 2 aromatic rings. The fraction of sp³-hybridized carbons (Fsp3) is 0.214. The first-order valence-electron chi connectivity index (χ1n) is 5.72. The summed E-state index contributed by atoms with van der Waals surface area (Å²) in [6, 6.07) is 12.0. The van der Waals surface area contributed by atoms with E-state index < -0.39 is 0 Å². The molecule has 0 saturated heterocycles. The summed E-state index contributed by atoms with van der Waals surface area (Å²) in [5, 5.41) is 12.0. The first-order chi connectivity index (χ1) is 8.67. The van der Waals surface area contributed by atoms with Gasteiger partial charge in [0.1, 0.15) is 23.4 Å². The standard InChI is InChI=1S/C14H14N4/c1-10-3-5-12(6-4-10)9-16-14-7-13(8-15)17-11(2)18-14/h3-7H,9H2,1-2H3,(H,16,17,18). The van der Waals surface area contributed by atoms with Gasteiger partial charge < -0.3 is 5.32 Å². The molecule has 0 aliphatic carbocycles. The molecule has 0 saturated carbocycles. The maximum atomic E-state index is 8.83. The van der Waals surface area contributed by atoms with Crippen LogP contribution in [-0.2, 0) is 6.54 Å². The van der Waals surface area contributed by atoms with Crippen molar-refractivity contribution in [1.29, 1.82) is 5.26 Å². The van der Waals surface area contributed by atoms with Crippen LogP contribution in [0.25, 0.3) is 0 Å². The van der Waals surface area contributed by atoms with Crippen molar-refractivity contribution in [2.75, 3.05) is 5.32 Å².